The van der Waals surface area contributed by atoms with Crippen LogP contribution in [0.15, 0.2) is 79.0 Å². The van der Waals surface area contributed by atoms with Crippen molar-refractivity contribution in [3.05, 3.63) is 90.1 Å². The zero-order chi connectivity index (χ0) is 39.1. The van der Waals surface area contributed by atoms with Crippen LogP contribution in [0.1, 0.15) is 49.8 Å². The van der Waals surface area contributed by atoms with E-state index in [-0.39, 0.29) is 25.3 Å². The number of fused-ring (bicyclic) bond motifs is 1. The van der Waals surface area contributed by atoms with Crippen molar-refractivity contribution in [2.75, 3.05) is 77.9 Å². The third kappa shape index (κ3) is 15.7. The number of anilines is 1. The molecule has 0 fully saturated rings. The maximum Gasteiger partial charge on any atom is 0.305 e. The van der Waals surface area contributed by atoms with E-state index in [1.807, 2.05) is 73.7 Å². The van der Waals surface area contributed by atoms with Crippen LogP contribution in [0.2, 0.25) is 0 Å². The first-order valence-corrected chi connectivity index (χ1v) is 18.8. The van der Waals surface area contributed by atoms with Crippen LogP contribution < -0.4 is 20.7 Å². The van der Waals surface area contributed by atoms with Gasteiger partial charge in [-0.15, -0.1) is 0 Å². The molecule has 55 heavy (non-hydrogen) atoms. The van der Waals surface area contributed by atoms with Gasteiger partial charge in [0, 0.05) is 31.2 Å². The van der Waals surface area contributed by atoms with Crippen molar-refractivity contribution in [3.8, 4) is 16.9 Å². The van der Waals surface area contributed by atoms with Crippen molar-refractivity contribution < 1.29 is 43.2 Å². The van der Waals surface area contributed by atoms with Gasteiger partial charge in [-0.3, -0.25) is 14.4 Å². The molecule has 1 aromatic heterocycles. The first-order chi connectivity index (χ1) is 26.8. The molecular formula is C42H54N4O9. The molecule has 4 N–H and O–H groups in total. The fraction of sp³-hybridized carbons (Fsp3) is 0.429. The molecule has 0 unspecified atom stereocenters. The van der Waals surface area contributed by atoms with Gasteiger partial charge in [0.1, 0.15) is 18.2 Å². The molecule has 0 bridgehead atoms. The lowest BCUT2D eigenvalue weighted by molar-refractivity contribution is -0.138. The number of hydrogen-bond acceptors (Lipinski definition) is 10. The van der Waals surface area contributed by atoms with Gasteiger partial charge in [-0.2, -0.15) is 0 Å². The molecule has 0 saturated carbocycles. The number of ether oxygens (including phenoxy) is 5. The van der Waals surface area contributed by atoms with Crippen LogP contribution in [-0.4, -0.2) is 100 Å². The Labute approximate surface area is 323 Å². The first-order valence-electron chi connectivity index (χ1n) is 18.8. The fourth-order valence-corrected chi connectivity index (χ4v) is 5.73. The Hall–Kier alpha value is -5.08. The standard InChI is InChI=1S/C42H54N4O9/c1-3-18-51-19-20-52-21-22-53-23-24-54-25-26-55-38-14-13-34(35-10-4-5-11-36(35)38)32-8-6-9-33(28-32)37(29-42(49)50)46-41(48)30-45-40(47)12-7-16-43-39-27-31(2)15-17-44-39/h4-6,8-11,13-15,17,27-28,37H,3,7,12,16,18-26,29-30H2,1-2H3,(H,43,44)(H,45,47)(H,46,48)(H,49,50)/t37-/m0/s1. The molecule has 0 aliphatic carbocycles. The number of aliphatic carboxylic acids is 1. The van der Waals surface area contributed by atoms with Crippen LogP contribution in [0.4, 0.5) is 5.82 Å². The molecule has 1 heterocycles. The van der Waals surface area contributed by atoms with Crippen molar-refractivity contribution in [2.45, 2.75) is 45.6 Å². The number of nitrogens with zero attached hydrogens (tertiary/aromatic N) is 1. The maximum absolute atomic E-state index is 12.9. The average Bonchev–Trinajstić information content (AvgIpc) is 3.18. The molecule has 1 atom stereocenters. The molecule has 0 spiro atoms. The number of carboxylic acid groups (broad SMARTS) is 1. The number of carboxylic acids is 1. The quantitative estimate of drug-likeness (QED) is 0.0551. The number of nitrogens with one attached hydrogen (secondary N) is 3. The molecule has 296 valence electrons. The van der Waals surface area contributed by atoms with Gasteiger partial charge in [-0.25, -0.2) is 4.98 Å². The number of rotatable bonds is 27. The molecule has 0 saturated heterocycles. The second-order valence-corrected chi connectivity index (χ2v) is 12.8. The number of carbonyl (C=O) groups excluding carboxylic acids is 2. The van der Waals surface area contributed by atoms with Gasteiger partial charge in [0.2, 0.25) is 11.8 Å². The molecule has 4 aromatic rings. The Kier molecular flexibility index (Phi) is 18.9. The first kappa shape index (κ1) is 42.7. The molecule has 0 radical (unpaired) electrons. The third-order valence-electron chi connectivity index (χ3n) is 8.40. The molecule has 0 aliphatic heterocycles. The Morgan fingerprint density at radius 1 is 0.764 bits per heavy atom. The fourth-order valence-electron chi connectivity index (χ4n) is 5.73. The summed E-state index contributed by atoms with van der Waals surface area (Å²) < 4.78 is 28.2. The molecule has 13 nitrogen and oxygen atoms in total. The number of carbonyl (C=O) groups is 3. The summed E-state index contributed by atoms with van der Waals surface area (Å²) in [6.45, 7) is 8.92. The van der Waals surface area contributed by atoms with Gasteiger partial charge in [0.25, 0.3) is 0 Å². The van der Waals surface area contributed by atoms with Gasteiger partial charge in [-0.05, 0) is 71.7 Å². The monoisotopic (exact) mass is 758 g/mol. The van der Waals surface area contributed by atoms with E-state index in [9.17, 15) is 19.5 Å². The molecule has 13 heteroatoms. The zero-order valence-electron chi connectivity index (χ0n) is 31.8. The number of pyridine rings is 1. The van der Waals surface area contributed by atoms with Gasteiger partial charge < -0.3 is 44.7 Å². The predicted octanol–water partition coefficient (Wildman–Crippen LogP) is 5.71. The van der Waals surface area contributed by atoms with Gasteiger partial charge in [-0.1, -0.05) is 55.5 Å². The molecule has 4 rings (SSSR count). The van der Waals surface area contributed by atoms with E-state index in [0.717, 1.165) is 46.3 Å². The van der Waals surface area contributed by atoms with E-state index >= 15 is 0 Å². The van der Waals surface area contributed by atoms with E-state index in [2.05, 4.69) is 27.9 Å². The SMILES string of the molecule is CCCOCCOCCOCCOCCOc1ccc(-c2cccc([C@H](CC(=O)O)NC(=O)CNC(=O)CCCNc3cc(C)ccn3)c2)c2ccccc12. The number of amides is 2. The maximum atomic E-state index is 12.9. The van der Waals surface area contributed by atoms with Crippen molar-refractivity contribution >= 4 is 34.4 Å². The van der Waals surface area contributed by atoms with Gasteiger partial charge in [0.05, 0.1) is 65.3 Å². The highest BCUT2D eigenvalue weighted by molar-refractivity contribution is 6.00. The minimum absolute atomic E-state index is 0.223. The Bertz CT molecular complexity index is 1790. The van der Waals surface area contributed by atoms with Crippen LogP contribution in [0, 0.1) is 6.92 Å². The average molecular weight is 759 g/mol. The van der Waals surface area contributed by atoms with Crippen LogP contribution in [0.25, 0.3) is 21.9 Å². The lowest BCUT2D eigenvalue weighted by Gasteiger charge is -2.19. The molecule has 2 amide bonds. The van der Waals surface area contributed by atoms with E-state index in [4.69, 9.17) is 23.7 Å². The summed E-state index contributed by atoms with van der Waals surface area (Å²) in [7, 11) is 0. The lowest BCUT2D eigenvalue weighted by Crippen LogP contribution is -2.39. The number of aryl methyl sites for hydroxylation is 1. The molecule has 0 aliphatic rings. The summed E-state index contributed by atoms with van der Waals surface area (Å²) in [6, 6.07) is 22.3. The highest BCUT2D eigenvalue weighted by atomic mass is 16.6. The van der Waals surface area contributed by atoms with Crippen LogP contribution in [0.5, 0.6) is 5.75 Å². The normalized spacial score (nSPS) is 11.6. The third-order valence-corrected chi connectivity index (χ3v) is 8.40. The van der Waals surface area contributed by atoms with Crippen LogP contribution >= 0.6 is 0 Å². The molecular weight excluding hydrogens is 704 g/mol. The number of aromatic nitrogens is 1. The zero-order valence-corrected chi connectivity index (χ0v) is 31.8. The van der Waals surface area contributed by atoms with Crippen molar-refractivity contribution in [2.24, 2.45) is 0 Å². The van der Waals surface area contributed by atoms with Gasteiger partial charge in [0.15, 0.2) is 0 Å². The van der Waals surface area contributed by atoms with Crippen LogP contribution in [0.3, 0.4) is 0 Å². The molecule has 3 aromatic carbocycles. The second kappa shape index (κ2) is 24.4. The summed E-state index contributed by atoms with van der Waals surface area (Å²) in [4.78, 5) is 41.4. The van der Waals surface area contributed by atoms with Crippen molar-refractivity contribution in [1.29, 1.82) is 0 Å². The van der Waals surface area contributed by atoms with Crippen LogP contribution in [-0.2, 0) is 33.3 Å². The Balaban J connectivity index is 1.25. The minimum atomic E-state index is -1.06. The predicted molar refractivity (Wildman–Crippen MR) is 211 cm³/mol. The summed E-state index contributed by atoms with van der Waals surface area (Å²) in [5, 5.41) is 20.2. The lowest BCUT2D eigenvalue weighted by atomic mass is 9.94. The van der Waals surface area contributed by atoms with Crippen molar-refractivity contribution in [1.82, 2.24) is 15.6 Å². The summed E-state index contributed by atoms with van der Waals surface area (Å²) >= 11 is 0. The highest BCUT2D eigenvalue weighted by Gasteiger charge is 2.20. The Morgan fingerprint density at radius 2 is 1.45 bits per heavy atom. The van der Waals surface area contributed by atoms with E-state index in [0.29, 0.717) is 77.1 Å². The highest BCUT2D eigenvalue weighted by Crippen LogP contribution is 2.35. The summed E-state index contributed by atoms with van der Waals surface area (Å²) in [5.41, 5.74) is 3.49. The topological polar surface area (TPSA) is 167 Å². The Morgan fingerprint density at radius 3 is 2.15 bits per heavy atom. The largest absolute Gasteiger partial charge is 0.491 e. The van der Waals surface area contributed by atoms with E-state index < -0.39 is 17.9 Å². The van der Waals surface area contributed by atoms with Crippen molar-refractivity contribution in [3.63, 3.8) is 0 Å². The summed E-state index contributed by atoms with van der Waals surface area (Å²) in [6.07, 6.45) is 3.17. The van der Waals surface area contributed by atoms with E-state index in [1.165, 1.54) is 0 Å². The van der Waals surface area contributed by atoms with E-state index in [1.54, 1.807) is 12.3 Å². The second-order valence-electron chi connectivity index (χ2n) is 12.8. The minimum Gasteiger partial charge on any atom is -0.491 e. The summed E-state index contributed by atoms with van der Waals surface area (Å²) in [5.74, 6) is -0.361. The number of benzene rings is 3. The number of hydrogen-bond donors (Lipinski definition) is 4. The smallest absolute Gasteiger partial charge is 0.305 e. The van der Waals surface area contributed by atoms with Gasteiger partial charge >= 0.3 is 5.97 Å².